The van der Waals surface area contributed by atoms with Crippen LogP contribution in [0, 0.1) is 0 Å². The number of carbonyl (C=O) groups is 1. The fourth-order valence-electron chi connectivity index (χ4n) is 3.31. The van der Waals surface area contributed by atoms with Crippen molar-refractivity contribution in [3.8, 4) is 0 Å². The standard InChI is InChI=1S/C19H19N3O.2ClH/c23-19(22-11-4-8-20-10-12-22)17-13-14-5-1-2-6-15(14)16-7-3-9-21-18(16)17;;/h1-3,5-7,9,13,20H,4,8,10-12H2;2*1H. The van der Waals surface area contributed by atoms with Gasteiger partial charge in [0.2, 0.25) is 0 Å². The number of aromatic nitrogens is 1. The zero-order valence-electron chi connectivity index (χ0n) is 13.8. The highest BCUT2D eigenvalue weighted by atomic mass is 35.5. The molecule has 1 N–H and O–H groups in total. The molecular formula is C19H21Cl2N3O. The first-order valence-corrected chi connectivity index (χ1v) is 8.11. The van der Waals surface area contributed by atoms with E-state index in [2.05, 4.69) is 22.4 Å². The molecule has 25 heavy (non-hydrogen) atoms. The molecule has 4 nitrogen and oxygen atoms in total. The van der Waals surface area contributed by atoms with Crippen LogP contribution in [0.15, 0.2) is 48.7 Å². The summed E-state index contributed by atoms with van der Waals surface area (Å²) < 4.78 is 0. The monoisotopic (exact) mass is 377 g/mol. The first kappa shape index (κ1) is 19.4. The van der Waals surface area contributed by atoms with Crippen LogP contribution in [-0.2, 0) is 0 Å². The first-order valence-electron chi connectivity index (χ1n) is 8.11. The highest BCUT2D eigenvalue weighted by molar-refractivity contribution is 6.15. The minimum absolute atomic E-state index is 0. The highest BCUT2D eigenvalue weighted by Crippen LogP contribution is 2.28. The second kappa shape index (κ2) is 8.48. The molecule has 0 aliphatic carbocycles. The lowest BCUT2D eigenvalue weighted by molar-refractivity contribution is 0.0768. The second-order valence-corrected chi connectivity index (χ2v) is 5.94. The molecule has 1 saturated heterocycles. The normalized spacial score (nSPS) is 14.5. The Hall–Kier alpha value is -1.88. The summed E-state index contributed by atoms with van der Waals surface area (Å²) >= 11 is 0. The number of hydrogen-bond acceptors (Lipinski definition) is 3. The molecule has 6 heteroatoms. The molecule has 4 rings (SSSR count). The average molecular weight is 378 g/mol. The van der Waals surface area contributed by atoms with Crippen LogP contribution in [-0.4, -0.2) is 42.0 Å². The summed E-state index contributed by atoms with van der Waals surface area (Å²) in [5.41, 5.74) is 1.51. The van der Waals surface area contributed by atoms with Gasteiger partial charge in [-0.25, -0.2) is 0 Å². The molecule has 1 aliphatic rings. The molecule has 1 aliphatic heterocycles. The fraction of sp³-hybridized carbons (Fsp3) is 0.263. The Morgan fingerprint density at radius 3 is 2.68 bits per heavy atom. The average Bonchev–Trinajstić information content (AvgIpc) is 2.90. The third-order valence-corrected chi connectivity index (χ3v) is 4.47. The number of halogens is 2. The van der Waals surface area contributed by atoms with Crippen molar-refractivity contribution in [2.24, 2.45) is 0 Å². The maximum absolute atomic E-state index is 13.1. The zero-order valence-corrected chi connectivity index (χ0v) is 15.4. The summed E-state index contributed by atoms with van der Waals surface area (Å²) in [5.74, 6) is 0.0863. The van der Waals surface area contributed by atoms with Gasteiger partial charge in [0.05, 0.1) is 11.1 Å². The van der Waals surface area contributed by atoms with E-state index in [1.165, 1.54) is 0 Å². The van der Waals surface area contributed by atoms with Crippen molar-refractivity contribution in [3.05, 3.63) is 54.2 Å². The van der Waals surface area contributed by atoms with E-state index < -0.39 is 0 Å². The van der Waals surface area contributed by atoms with E-state index in [1.54, 1.807) is 6.20 Å². The number of nitrogens with zero attached hydrogens (tertiary/aromatic N) is 2. The number of hydrogen-bond donors (Lipinski definition) is 1. The summed E-state index contributed by atoms with van der Waals surface area (Å²) in [6, 6.07) is 14.1. The quantitative estimate of drug-likeness (QED) is 0.658. The van der Waals surface area contributed by atoms with E-state index in [9.17, 15) is 4.79 Å². The molecule has 0 atom stereocenters. The summed E-state index contributed by atoms with van der Waals surface area (Å²) in [6.45, 7) is 3.37. The van der Waals surface area contributed by atoms with Crippen LogP contribution in [0.25, 0.3) is 21.7 Å². The molecule has 1 amide bonds. The molecule has 2 aromatic carbocycles. The van der Waals surface area contributed by atoms with Crippen molar-refractivity contribution >= 4 is 52.4 Å². The molecule has 1 fully saturated rings. The van der Waals surface area contributed by atoms with Crippen molar-refractivity contribution in [2.45, 2.75) is 6.42 Å². The molecule has 1 aromatic heterocycles. The third-order valence-electron chi connectivity index (χ3n) is 4.47. The van der Waals surface area contributed by atoms with Gasteiger partial charge in [0.15, 0.2) is 0 Å². The van der Waals surface area contributed by atoms with Crippen LogP contribution in [0.2, 0.25) is 0 Å². The largest absolute Gasteiger partial charge is 0.337 e. The minimum atomic E-state index is 0. The lowest BCUT2D eigenvalue weighted by atomic mass is 10.00. The van der Waals surface area contributed by atoms with Crippen molar-refractivity contribution in [1.82, 2.24) is 15.2 Å². The van der Waals surface area contributed by atoms with E-state index in [0.717, 1.165) is 54.3 Å². The van der Waals surface area contributed by atoms with Gasteiger partial charge in [0.25, 0.3) is 5.91 Å². The van der Waals surface area contributed by atoms with Gasteiger partial charge in [0.1, 0.15) is 0 Å². The van der Waals surface area contributed by atoms with Gasteiger partial charge in [-0.1, -0.05) is 30.3 Å². The van der Waals surface area contributed by atoms with E-state index in [1.807, 2.05) is 35.2 Å². The molecule has 0 saturated carbocycles. The maximum atomic E-state index is 13.1. The number of amides is 1. The smallest absolute Gasteiger partial charge is 0.256 e. The number of rotatable bonds is 1. The van der Waals surface area contributed by atoms with E-state index in [0.29, 0.717) is 5.56 Å². The predicted octanol–water partition coefficient (Wildman–Crippen LogP) is 3.67. The second-order valence-electron chi connectivity index (χ2n) is 5.94. The van der Waals surface area contributed by atoms with Crippen LogP contribution >= 0.6 is 24.8 Å². The Kier molecular flexibility index (Phi) is 6.59. The van der Waals surface area contributed by atoms with Crippen molar-refractivity contribution in [3.63, 3.8) is 0 Å². The van der Waals surface area contributed by atoms with Gasteiger partial charge in [-0.15, -0.1) is 24.8 Å². The van der Waals surface area contributed by atoms with Gasteiger partial charge < -0.3 is 10.2 Å². The van der Waals surface area contributed by atoms with Gasteiger partial charge in [-0.05, 0) is 35.9 Å². The zero-order chi connectivity index (χ0) is 15.6. The number of fused-ring (bicyclic) bond motifs is 3. The van der Waals surface area contributed by atoms with Gasteiger partial charge in [-0.2, -0.15) is 0 Å². The molecule has 3 aromatic rings. The molecule has 0 unspecified atom stereocenters. The molecule has 132 valence electrons. The summed E-state index contributed by atoms with van der Waals surface area (Å²) in [5, 5.41) is 6.61. The van der Waals surface area contributed by atoms with E-state index >= 15 is 0 Å². The number of pyridine rings is 1. The SMILES string of the molecule is Cl.Cl.O=C(c1cc2ccccc2c2cccnc12)N1CCCNCC1. The van der Waals surface area contributed by atoms with Gasteiger partial charge >= 0.3 is 0 Å². The highest BCUT2D eigenvalue weighted by Gasteiger charge is 2.20. The van der Waals surface area contributed by atoms with Crippen LogP contribution in [0.5, 0.6) is 0 Å². The van der Waals surface area contributed by atoms with Gasteiger partial charge in [0, 0.05) is 31.2 Å². The van der Waals surface area contributed by atoms with E-state index in [-0.39, 0.29) is 30.7 Å². The minimum Gasteiger partial charge on any atom is -0.337 e. The molecule has 0 spiro atoms. The number of nitrogens with one attached hydrogen (secondary N) is 1. The summed E-state index contributed by atoms with van der Waals surface area (Å²) in [6.07, 6.45) is 2.75. The van der Waals surface area contributed by atoms with Crippen molar-refractivity contribution in [1.29, 1.82) is 0 Å². The Morgan fingerprint density at radius 2 is 1.80 bits per heavy atom. The Balaban J connectivity index is 0.00000113. The molecular weight excluding hydrogens is 357 g/mol. The Morgan fingerprint density at radius 1 is 1.00 bits per heavy atom. The van der Waals surface area contributed by atoms with Crippen LogP contribution < -0.4 is 5.32 Å². The first-order chi connectivity index (χ1) is 11.3. The van der Waals surface area contributed by atoms with E-state index in [4.69, 9.17) is 0 Å². The topological polar surface area (TPSA) is 45.2 Å². The summed E-state index contributed by atoms with van der Waals surface area (Å²) in [7, 11) is 0. The summed E-state index contributed by atoms with van der Waals surface area (Å²) in [4.78, 5) is 19.5. The van der Waals surface area contributed by atoms with Crippen LogP contribution in [0.4, 0.5) is 0 Å². The van der Waals surface area contributed by atoms with Gasteiger partial charge in [-0.3, -0.25) is 9.78 Å². The van der Waals surface area contributed by atoms with Crippen LogP contribution in [0.1, 0.15) is 16.8 Å². The van der Waals surface area contributed by atoms with Crippen molar-refractivity contribution < 1.29 is 4.79 Å². The van der Waals surface area contributed by atoms with Crippen molar-refractivity contribution in [2.75, 3.05) is 26.2 Å². The Labute approximate surface area is 159 Å². The lowest BCUT2D eigenvalue weighted by Crippen LogP contribution is -2.34. The predicted molar refractivity (Wildman–Crippen MR) is 107 cm³/mol. The lowest BCUT2D eigenvalue weighted by Gasteiger charge is -2.21. The Bertz CT molecular complexity index is 877. The molecule has 2 heterocycles. The van der Waals surface area contributed by atoms with Crippen LogP contribution in [0.3, 0.4) is 0 Å². The third kappa shape index (κ3) is 3.71. The number of benzene rings is 2. The molecule has 0 bridgehead atoms. The number of carbonyl (C=O) groups excluding carboxylic acids is 1. The molecule has 0 radical (unpaired) electrons. The fourth-order valence-corrected chi connectivity index (χ4v) is 3.31. The maximum Gasteiger partial charge on any atom is 0.256 e.